The Hall–Kier alpha value is -4.28. The van der Waals surface area contributed by atoms with E-state index < -0.39 is 0 Å². The van der Waals surface area contributed by atoms with Gasteiger partial charge in [-0.25, -0.2) is 0 Å². The van der Waals surface area contributed by atoms with E-state index in [1.54, 1.807) is 5.56 Å². The van der Waals surface area contributed by atoms with E-state index in [0.29, 0.717) is 22.7 Å². The zero-order valence-corrected chi connectivity index (χ0v) is 41.7. The van der Waals surface area contributed by atoms with Crippen molar-refractivity contribution in [2.75, 3.05) is 9.80 Å². The molecule has 328 valence electrons. The minimum Gasteiger partial charge on any atom is -0.311 e. The molecule has 2 aliphatic heterocycles. The predicted molar refractivity (Wildman–Crippen MR) is 277 cm³/mol. The first-order chi connectivity index (χ1) is 30.1. The van der Waals surface area contributed by atoms with E-state index in [1.807, 2.05) is 11.3 Å². The largest absolute Gasteiger partial charge is 0.311 e. The van der Waals surface area contributed by atoms with E-state index in [0.717, 1.165) is 23.7 Å². The Balaban J connectivity index is 1.13. The summed E-state index contributed by atoms with van der Waals surface area (Å²) in [6.45, 7) is 31.5. The number of nitrogens with zero attached hydrogens (tertiary/aromatic N) is 2. The summed E-state index contributed by atoms with van der Waals surface area (Å²) in [5, 5.41) is 1.38. The highest BCUT2D eigenvalue weighted by Crippen LogP contribution is 2.69. The van der Waals surface area contributed by atoms with Gasteiger partial charge < -0.3 is 9.80 Å². The second-order valence-electron chi connectivity index (χ2n) is 25.7. The van der Waals surface area contributed by atoms with Crippen LogP contribution in [0.3, 0.4) is 0 Å². The van der Waals surface area contributed by atoms with Gasteiger partial charge in [0.25, 0.3) is 6.71 Å². The standard InChI is InChI=1S/C60H69BN2S/c1-56(2,3)36-17-22-42(23-18-36)63-51-33-38(58(7,8)9)32-50-53(51)61(55-54(63)45-27-37(57(4,5)6)19-25-52(45)64-55)48-26-35(44-29-40-31-47(44)60(40,12)13)16-24-49(48)62(50)41-20-14-34(15-21-41)43-28-39-30-46(43)59(39,10)11/h14-27,32-33,39-40,43-44,46-47H,28-31H2,1-13H3. The third-order valence-corrected chi connectivity index (χ3v) is 19.8. The van der Waals surface area contributed by atoms with Crippen LogP contribution in [-0.2, 0) is 16.2 Å². The molecule has 0 N–H and O–H groups in total. The van der Waals surface area contributed by atoms with Gasteiger partial charge in [0.05, 0.1) is 5.69 Å². The van der Waals surface area contributed by atoms with Gasteiger partial charge >= 0.3 is 0 Å². The highest BCUT2D eigenvalue weighted by molar-refractivity contribution is 7.33. The van der Waals surface area contributed by atoms with Gasteiger partial charge in [-0.05, 0) is 182 Å². The summed E-state index contributed by atoms with van der Waals surface area (Å²) >= 11 is 2.04. The molecule has 1 aromatic heterocycles. The predicted octanol–water partition coefficient (Wildman–Crippen LogP) is 15.2. The van der Waals surface area contributed by atoms with Crippen molar-refractivity contribution in [2.45, 2.75) is 144 Å². The fourth-order valence-electron chi connectivity index (χ4n) is 14.1. The molecule has 64 heavy (non-hydrogen) atoms. The first-order valence-electron chi connectivity index (χ1n) is 24.8. The van der Waals surface area contributed by atoms with Crippen LogP contribution in [0.25, 0.3) is 10.1 Å². The summed E-state index contributed by atoms with van der Waals surface area (Å²) in [5.74, 6) is 4.58. The molecule has 0 radical (unpaired) electrons. The summed E-state index contributed by atoms with van der Waals surface area (Å²) in [6, 6.07) is 39.9. The summed E-state index contributed by atoms with van der Waals surface area (Å²) in [4.78, 5) is 5.37. The van der Waals surface area contributed by atoms with Crippen LogP contribution in [0, 0.1) is 34.5 Å². The minimum atomic E-state index is -0.0645. The normalized spacial score (nSPS) is 25.8. The van der Waals surface area contributed by atoms with Crippen LogP contribution in [0.5, 0.6) is 0 Å². The van der Waals surface area contributed by atoms with Crippen LogP contribution in [0.4, 0.5) is 34.1 Å². The molecule has 4 bridgehead atoms. The Morgan fingerprint density at radius 3 is 1.58 bits per heavy atom. The Morgan fingerprint density at radius 2 is 1.03 bits per heavy atom. The molecule has 6 unspecified atom stereocenters. The molecule has 0 saturated heterocycles. The number of thiophene rings is 1. The Kier molecular flexibility index (Phi) is 8.50. The molecule has 8 aliphatic rings. The van der Waals surface area contributed by atoms with Crippen molar-refractivity contribution < 1.29 is 0 Å². The SMILES string of the molecule is CC(C)(C)c1ccc(N2c3cc(C(C)(C)C)cc4c3B(c3cc(C5CC6CC5C6(C)C)ccc3N4c3ccc(C4CC5CC4C5(C)C)cc3)c3sc4ccc(C(C)(C)C)cc4c32)cc1. The zero-order chi connectivity index (χ0) is 44.8. The topological polar surface area (TPSA) is 6.48 Å². The van der Waals surface area contributed by atoms with E-state index in [2.05, 4.69) is 197 Å². The fraction of sp³-hybridized carbons (Fsp3) is 0.467. The van der Waals surface area contributed by atoms with E-state index >= 15 is 0 Å². The number of benzene rings is 5. The van der Waals surface area contributed by atoms with Crippen molar-refractivity contribution in [2.24, 2.45) is 34.5 Å². The number of hydrogen-bond acceptors (Lipinski definition) is 3. The molecule has 6 aliphatic carbocycles. The molecule has 6 saturated carbocycles. The molecule has 6 atom stereocenters. The fourth-order valence-corrected chi connectivity index (χ4v) is 15.4. The lowest BCUT2D eigenvalue weighted by atomic mass is 9.36. The van der Waals surface area contributed by atoms with Crippen molar-refractivity contribution >= 4 is 78.0 Å². The van der Waals surface area contributed by atoms with Gasteiger partial charge in [0, 0.05) is 43.3 Å². The van der Waals surface area contributed by atoms with Crippen molar-refractivity contribution in [1.82, 2.24) is 0 Å². The maximum absolute atomic E-state index is 2.71. The third-order valence-electron chi connectivity index (χ3n) is 18.6. The number of anilines is 6. The van der Waals surface area contributed by atoms with E-state index in [1.165, 1.54) is 108 Å². The minimum absolute atomic E-state index is 0.0355. The van der Waals surface area contributed by atoms with Gasteiger partial charge in [-0.2, -0.15) is 0 Å². The molecular formula is C60H69BN2S. The quantitative estimate of drug-likeness (QED) is 0.163. The summed E-state index contributed by atoms with van der Waals surface area (Å²) in [6.07, 6.45) is 5.46. The number of rotatable bonds is 4. The van der Waals surface area contributed by atoms with Gasteiger partial charge in [-0.1, -0.05) is 132 Å². The van der Waals surface area contributed by atoms with Crippen molar-refractivity contribution in [3.63, 3.8) is 0 Å². The summed E-state index contributed by atoms with van der Waals surface area (Å²) in [5.41, 5.74) is 19.0. The van der Waals surface area contributed by atoms with Crippen LogP contribution in [-0.4, -0.2) is 6.71 Å². The lowest BCUT2D eigenvalue weighted by Crippen LogP contribution is -2.60. The van der Waals surface area contributed by atoms with Gasteiger partial charge in [0.2, 0.25) is 0 Å². The average molecular weight is 861 g/mol. The van der Waals surface area contributed by atoms with Crippen LogP contribution >= 0.6 is 11.3 Å². The summed E-state index contributed by atoms with van der Waals surface area (Å²) < 4.78 is 2.85. The summed E-state index contributed by atoms with van der Waals surface area (Å²) in [7, 11) is 0. The van der Waals surface area contributed by atoms with Crippen molar-refractivity contribution in [3.05, 3.63) is 125 Å². The maximum Gasteiger partial charge on any atom is 0.264 e. The highest BCUT2D eigenvalue weighted by atomic mass is 32.1. The van der Waals surface area contributed by atoms with E-state index in [-0.39, 0.29) is 23.0 Å². The van der Waals surface area contributed by atoms with Gasteiger partial charge in [0.15, 0.2) is 0 Å². The molecule has 5 aromatic carbocycles. The molecule has 6 aromatic rings. The Labute approximate surface area is 389 Å². The van der Waals surface area contributed by atoms with Crippen molar-refractivity contribution in [3.8, 4) is 0 Å². The average Bonchev–Trinajstić information content (AvgIpc) is 4.07. The smallest absolute Gasteiger partial charge is 0.264 e. The highest BCUT2D eigenvalue weighted by Gasteiger charge is 2.59. The second-order valence-corrected chi connectivity index (χ2v) is 26.8. The lowest BCUT2D eigenvalue weighted by Gasteiger charge is -2.46. The van der Waals surface area contributed by atoms with Crippen molar-refractivity contribution in [1.29, 1.82) is 0 Å². The van der Waals surface area contributed by atoms with Gasteiger partial charge in [-0.3, -0.25) is 0 Å². The lowest BCUT2D eigenvalue weighted by molar-refractivity contribution is 0.0473. The second kappa shape index (κ2) is 13.2. The first-order valence-corrected chi connectivity index (χ1v) is 25.6. The molecule has 6 fully saturated rings. The van der Waals surface area contributed by atoms with Gasteiger partial charge in [0.1, 0.15) is 0 Å². The zero-order valence-electron chi connectivity index (χ0n) is 40.9. The number of fused-ring (bicyclic) bond motifs is 8. The third kappa shape index (κ3) is 5.75. The first kappa shape index (κ1) is 41.2. The van der Waals surface area contributed by atoms with Gasteiger partial charge in [-0.15, -0.1) is 11.3 Å². The van der Waals surface area contributed by atoms with E-state index in [9.17, 15) is 0 Å². The molecular weight excluding hydrogens is 792 g/mol. The van der Waals surface area contributed by atoms with Crippen LogP contribution in [0.1, 0.15) is 155 Å². The Bertz CT molecular complexity index is 2890. The molecule has 0 spiro atoms. The van der Waals surface area contributed by atoms with E-state index in [4.69, 9.17) is 0 Å². The molecule has 14 rings (SSSR count). The monoisotopic (exact) mass is 861 g/mol. The van der Waals surface area contributed by atoms with Crippen LogP contribution < -0.4 is 25.5 Å². The molecule has 4 heteroatoms. The Morgan fingerprint density at radius 1 is 0.516 bits per heavy atom. The number of hydrogen-bond donors (Lipinski definition) is 0. The molecule has 0 amide bonds. The molecule has 2 nitrogen and oxygen atoms in total. The molecule has 3 heterocycles. The van der Waals surface area contributed by atoms with Crippen LogP contribution in [0.2, 0.25) is 0 Å². The van der Waals surface area contributed by atoms with Crippen LogP contribution in [0.15, 0.2) is 97.1 Å². The maximum atomic E-state index is 2.71.